The van der Waals surface area contributed by atoms with E-state index in [9.17, 15) is 0 Å². The van der Waals surface area contributed by atoms with Crippen molar-refractivity contribution in [3.8, 4) is 0 Å². The lowest BCUT2D eigenvalue weighted by molar-refractivity contribution is 0.623. The Morgan fingerprint density at radius 1 is 1.28 bits per heavy atom. The molecule has 1 aliphatic carbocycles. The fraction of sp³-hybridized carbons (Fsp3) is 0.533. The summed E-state index contributed by atoms with van der Waals surface area (Å²) >= 11 is 1.96. The number of thioether (sulfide) groups is 1. The summed E-state index contributed by atoms with van der Waals surface area (Å²) in [7, 11) is 0. The molecule has 18 heavy (non-hydrogen) atoms. The van der Waals surface area contributed by atoms with Crippen LogP contribution in [0, 0.1) is 11.3 Å². The second kappa shape index (κ2) is 6.83. The molecule has 1 unspecified atom stereocenters. The van der Waals surface area contributed by atoms with Gasteiger partial charge in [0, 0.05) is 11.7 Å². The normalized spacial score (nSPS) is 17.8. The van der Waals surface area contributed by atoms with Gasteiger partial charge in [-0.2, -0.15) is 11.8 Å². The van der Waals surface area contributed by atoms with Crippen LogP contribution in [0.5, 0.6) is 0 Å². The molecule has 0 saturated heterocycles. The van der Waals surface area contributed by atoms with Crippen LogP contribution in [0.25, 0.3) is 0 Å². The molecule has 1 aromatic rings. The number of benzene rings is 1. The van der Waals surface area contributed by atoms with E-state index < -0.39 is 0 Å². The molecule has 0 aliphatic heterocycles. The molecule has 0 bridgehead atoms. The molecule has 1 fully saturated rings. The summed E-state index contributed by atoms with van der Waals surface area (Å²) in [4.78, 5) is 0. The van der Waals surface area contributed by atoms with E-state index >= 15 is 0 Å². The fourth-order valence-electron chi connectivity index (χ4n) is 2.58. The van der Waals surface area contributed by atoms with Gasteiger partial charge < -0.3 is 5.73 Å². The molecular weight excluding hydrogens is 240 g/mol. The quantitative estimate of drug-likeness (QED) is 0.607. The Morgan fingerprint density at radius 3 is 2.56 bits per heavy atom. The molecule has 1 aromatic carbocycles. The monoisotopic (exact) mass is 262 g/mol. The molecular formula is C15H22N2S. The molecule has 3 N–H and O–H groups in total. The van der Waals surface area contributed by atoms with E-state index in [1.54, 1.807) is 0 Å². The van der Waals surface area contributed by atoms with Gasteiger partial charge in [-0.05, 0) is 30.1 Å². The van der Waals surface area contributed by atoms with Crippen molar-refractivity contribution in [3.05, 3.63) is 35.9 Å². The highest BCUT2D eigenvalue weighted by Crippen LogP contribution is 2.29. The summed E-state index contributed by atoms with van der Waals surface area (Å²) in [5.74, 6) is 3.45. The second-order valence-corrected chi connectivity index (χ2v) is 6.18. The molecule has 1 atom stereocenters. The SMILES string of the molecule is N=C(N)C(CSCC1CCCC1)c1ccccc1. The minimum atomic E-state index is 0.0811. The van der Waals surface area contributed by atoms with Crippen LogP contribution < -0.4 is 5.73 Å². The highest BCUT2D eigenvalue weighted by Gasteiger charge is 2.18. The first-order valence-electron chi connectivity index (χ1n) is 6.74. The van der Waals surface area contributed by atoms with Crippen LogP contribution in [0.15, 0.2) is 30.3 Å². The Labute approximate surface area is 114 Å². The molecule has 2 nitrogen and oxygen atoms in total. The summed E-state index contributed by atoms with van der Waals surface area (Å²) in [6, 6.07) is 10.2. The lowest BCUT2D eigenvalue weighted by atomic mass is 10.0. The van der Waals surface area contributed by atoms with Gasteiger partial charge in [-0.3, -0.25) is 5.41 Å². The number of rotatable bonds is 6. The molecule has 1 aliphatic rings. The smallest absolute Gasteiger partial charge is 0.0990 e. The number of nitrogens with two attached hydrogens (primary N) is 1. The molecule has 3 heteroatoms. The summed E-state index contributed by atoms with van der Waals surface area (Å²) in [5.41, 5.74) is 6.90. The van der Waals surface area contributed by atoms with Crippen LogP contribution in [-0.2, 0) is 0 Å². The Kier molecular flexibility index (Phi) is 5.12. The first-order valence-corrected chi connectivity index (χ1v) is 7.89. The Bertz CT molecular complexity index is 371. The Morgan fingerprint density at radius 2 is 1.94 bits per heavy atom. The maximum atomic E-state index is 7.74. The van der Waals surface area contributed by atoms with Crippen molar-refractivity contribution in [1.82, 2.24) is 0 Å². The first kappa shape index (κ1) is 13.5. The van der Waals surface area contributed by atoms with Gasteiger partial charge in [0.2, 0.25) is 0 Å². The number of hydrogen-bond donors (Lipinski definition) is 2. The summed E-state index contributed by atoms with van der Waals surface area (Å²) in [6.07, 6.45) is 5.59. The van der Waals surface area contributed by atoms with E-state index in [4.69, 9.17) is 11.1 Å². The van der Waals surface area contributed by atoms with Gasteiger partial charge in [0.1, 0.15) is 0 Å². The third-order valence-corrected chi connectivity index (χ3v) is 4.97. The Balaban J connectivity index is 1.85. The van der Waals surface area contributed by atoms with Crippen LogP contribution in [0.3, 0.4) is 0 Å². The van der Waals surface area contributed by atoms with Crippen LogP contribution in [0.1, 0.15) is 37.2 Å². The van der Waals surface area contributed by atoms with Gasteiger partial charge in [0.15, 0.2) is 0 Å². The van der Waals surface area contributed by atoms with E-state index in [1.165, 1.54) is 37.0 Å². The zero-order valence-electron chi connectivity index (χ0n) is 10.8. The average Bonchev–Trinajstić information content (AvgIpc) is 2.88. The van der Waals surface area contributed by atoms with Crippen molar-refractivity contribution in [2.45, 2.75) is 31.6 Å². The number of hydrogen-bond acceptors (Lipinski definition) is 2. The van der Waals surface area contributed by atoms with Gasteiger partial charge in [-0.15, -0.1) is 0 Å². The summed E-state index contributed by atoms with van der Waals surface area (Å²) < 4.78 is 0. The molecule has 0 heterocycles. The van der Waals surface area contributed by atoms with Crippen molar-refractivity contribution in [3.63, 3.8) is 0 Å². The Hall–Kier alpha value is -0.960. The largest absolute Gasteiger partial charge is 0.387 e. The van der Waals surface area contributed by atoms with Crippen LogP contribution in [-0.4, -0.2) is 17.3 Å². The van der Waals surface area contributed by atoms with E-state index in [1.807, 2.05) is 30.0 Å². The van der Waals surface area contributed by atoms with Gasteiger partial charge in [0.05, 0.1) is 5.84 Å². The summed E-state index contributed by atoms with van der Waals surface area (Å²) in [5, 5.41) is 7.74. The van der Waals surface area contributed by atoms with Crippen molar-refractivity contribution in [2.75, 3.05) is 11.5 Å². The maximum Gasteiger partial charge on any atom is 0.0990 e. The van der Waals surface area contributed by atoms with Gasteiger partial charge in [-0.25, -0.2) is 0 Å². The minimum absolute atomic E-state index is 0.0811. The number of nitrogens with one attached hydrogen (secondary N) is 1. The highest BCUT2D eigenvalue weighted by atomic mass is 32.2. The lowest BCUT2D eigenvalue weighted by Gasteiger charge is -2.16. The van der Waals surface area contributed by atoms with Gasteiger partial charge >= 0.3 is 0 Å². The molecule has 0 aromatic heterocycles. The van der Waals surface area contributed by atoms with Crippen LogP contribution in [0.2, 0.25) is 0 Å². The highest BCUT2D eigenvalue weighted by molar-refractivity contribution is 7.99. The zero-order valence-corrected chi connectivity index (χ0v) is 11.6. The average molecular weight is 262 g/mol. The van der Waals surface area contributed by atoms with Gasteiger partial charge in [0.25, 0.3) is 0 Å². The van der Waals surface area contributed by atoms with Crippen molar-refractivity contribution >= 4 is 17.6 Å². The molecule has 1 saturated carbocycles. The minimum Gasteiger partial charge on any atom is -0.387 e. The topological polar surface area (TPSA) is 49.9 Å². The third kappa shape index (κ3) is 3.77. The van der Waals surface area contributed by atoms with E-state index in [0.717, 1.165) is 11.7 Å². The summed E-state index contributed by atoms with van der Waals surface area (Å²) in [6.45, 7) is 0. The standard InChI is InChI=1S/C15H22N2S/c16-15(17)14(13-8-2-1-3-9-13)11-18-10-12-6-4-5-7-12/h1-3,8-9,12,14H,4-7,10-11H2,(H3,16,17). The molecule has 0 radical (unpaired) electrons. The van der Waals surface area contributed by atoms with Crippen molar-refractivity contribution in [1.29, 1.82) is 5.41 Å². The van der Waals surface area contributed by atoms with E-state index in [0.29, 0.717) is 5.84 Å². The van der Waals surface area contributed by atoms with Crippen molar-refractivity contribution < 1.29 is 0 Å². The fourth-order valence-corrected chi connectivity index (χ4v) is 3.99. The predicted octanol–water partition coefficient (Wildman–Crippen LogP) is 3.63. The molecule has 0 amide bonds. The maximum absolute atomic E-state index is 7.74. The molecule has 2 rings (SSSR count). The molecule has 98 valence electrons. The van der Waals surface area contributed by atoms with E-state index in [2.05, 4.69) is 12.1 Å². The molecule has 0 spiro atoms. The van der Waals surface area contributed by atoms with Gasteiger partial charge in [-0.1, -0.05) is 43.2 Å². The first-order chi connectivity index (χ1) is 8.77. The second-order valence-electron chi connectivity index (χ2n) is 5.11. The predicted molar refractivity (Wildman–Crippen MR) is 80.4 cm³/mol. The van der Waals surface area contributed by atoms with E-state index in [-0.39, 0.29) is 5.92 Å². The van der Waals surface area contributed by atoms with Crippen molar-refractivity contribution in [2.24, 2.45) is 11.7 Å². The lowest BCUT2D eigenvalue weighted by Crippen LogP contribution is -2.23. The van der Waals surface area contributed by atoms with Crippen LogP contribution in [0.4, 0.5) is 0 Å². The number of amidine groups is 1. The third-order valence-electron chi connectivity index (χ3n) is 3.69. The zero-order chi connectivity index (χ0) is 12.8. The van der Waals surface area contributed by atoms with Crippen LogP contribution >= 0.6 is 11.8 Å².